The van der Waals surface area contributed by atoms with Crippen LogP contribution in [0.15, 0.2) is 54.6 Å². The van der Waals surface area contributed by atoms with Gasteiger partial charge in [0.1, 0.15) is 0 Å². The molecule has 2 aromatic carbocycles. The number of hydrogen-bond acceptors (Lipinski definition) is 1. The van der Waals surface area contributed by atoms with E-state index in [-0.39, 0.29) is 5.78 Å². The third-order valence-corrected chi connectivity index (χ3v) is 3.08. The second kappa shape index (κ2) is 4.15. The second-order valence-electron chi connectivity index (χ2n) is 4.33. The molecule has 0 fully saturated rings. The van der Waals surface area contributed by atoms with E-state index in [4.69, 9.17) is 0 Å². The van der Waals surface area contributed by atoms with Crippen molar-refractivity contribution >= 4 is 33.8 Å². The number of hydrogen-bond donors (Lipinski definition) is 0. The number of para-hydroxylation sites is 2. The number of carbonyl (C=O) groups is 1. The highest BCUT2D eigenvalue weighted by Gasteiger charge is 2.06. The Morgan fingerprint density at radius 3 is 1.94 bits per heavy atom. The maximum atomic E-state index is 11.1. The van der Waals surface area contributed by atoms with Crippen molar-refractivity contribution in [3.63, 3.8) is 0 Å². The summed E-state index contributed by atoms with van der Waals surface area (Å²) in [6.45, 7) is 1.56. The maximum Gasteiger partial charge on any atom is 0.154 e. The molecule has 0 unspecified atom stereocenters. The van der Waals surface area contributed by atoms with Crippen molar-refractivity contribution in [3.05, 3.63) is 54.6 Å². The number of carbonyl (C=O) groups excluding carboxylic acids is 1. The van der Waals surface area contributed by atoms with Crippen molar-refractivity contribution in [1.29, 1.82) is 0 Å². The van der Waals surface area contributed by atoms with Gasteiger partial charge in [0.05, 0.1) is 11.0 Å². The number of fused-ring (bicyclic) bond motifs is 3. The monoisotopic (exact) mass is 235 g/mol. The molecule has 0 saturated heterocycles. The first-order valence-corrected chi connectivity index (χ1v) is 5.94. The van der Waals surface area contributed by atoms with E-state index >= 15 is 0 Å². The molecule has 0 amide bonds. The summed E-state index contributed by atoms with van der Waals surface area (Å²) in [5.41, 5.74) is 2.24. The van der Waals surface area contributed by atoms with Crippen molar-refractivity contribution in [2.45, 2.75) is 6.92 Å². The van der Waals surface area contributed by atoms with Gasteiger partial charge >= 0.3 is 0 Å². The summed E-state index contributed by atoms with van der Waals surface area (Å²) in [5.74, 6) is 0.0527. The smallest absolute Gasteiger partial charge is 0.154 e. The zero-order valence-corrected chi connectivity index (χ0v) is 10.1. The number of allylic oxidation sites excluding steroid dienone is 1. The summed E-state index contributed by atoms with van der Waals surface area (Å²) in [5, 5.41) is 2.42. The van der Waals surface area contributed by atoms with Crippen LogP contribution in [0.3, 0.4) is 0 Å². The Labute approximate surface area is 105 Å². The molecule has 3 aromatic rings. The number of rotatable bonds is 2. The van der Waals surface area contributed by atoms with E-state index in [1.807, 2.05) is 30.5 Å². The van der Waals surface area contributed by atoms with E-state index in [2.05, 4.69) is 28.8 Å². The zero-order valence-electron chi connectivity index (χ0n) is 10.1. The summed E-state index contributed by atoms with van der Waals surface area (Å²) in [7, 11) is 0. The summed E-state index contributed by atoms with van der Waals surface area (Å²) in [4.78, 5) is 11.1. The standard InChI is InChI=1S/C16H13NO/c1-12(18)10-11-17-15-8-4-2-6-13(15)14-7-3-5-9-16(14)17/h2-11H,1H3/b11-10+. The molecule has 18 heavy (non-hydrogen) atoms. The Bertz CT molecular complexity index is 712. The van der Waals surface area contributed by atoms with E-state index in [0.717, 1.165) is 11.0 Å². The van der Waals surface area contributed by atoms with Crippen LogP contribution in [-0.4, -0.2) is 10.4 Å². The quantitative estimate of drug-likeness (QED) is 0.618. The molecule has 0 atom stereocenters. The van der Waals surface area contributed by atoms with Crippen LogP contribution in [0.4, 0.5) is 0 Å². The van der Waals surface area contributed by atoms with Gasteiger partial charge in [-0.1, -0.05) is 36.4 Å². The van der Waals surface area contributed by atoms with Gasteiger partial charge in [0, 0.05) is 17.0 Å². The minimum absolute atomic E-state index is 0.0527. The molecule has 0 saturated carbocycles. The third-order valence-electron chi connectivity index (χ3n) is 3.08. The van der Waals surface area contributed by atoms with Gasteiger partial charge in [-0.3, -0.25) is 4.79 Å². The molecule has 1 aromatic heterocycles. The minimum atomic E-state index is 0.0527. The average molecular weight is 235 g/mol. The third kappa shape index (κ3) is 1.63. The molecule has 2 heteroatoms. The van der Waals surface area contributed by atoms with E-state index in [9.17, 15) is 4.79 Å². The topological polar surface area (TPSA) is 22.0 Å². The number of benzene rings is 2. The Kier molecular flexibility index (Phi) is 2.49. The lowest BCUT2D eigenvalue weighted by atomic mass is 10.2. The molecule has 1 heterocycles. The van der Waals surface area contributed by atoms with Gasteiger partial charge in [0.25, 0.3) is 0 Å². The average Bonchev–Trinajstić information content (AvgIpc) is 2.71. The second-order valence-corrected chi connectivity index (χ2v) is 4.33. The van der Waals surface area contributed by atoms with Crippen LogP contribution in [0.5, 0.6) is 0 Å². The van der Waals surface area contributed by atoms with Crippen molar-refractivity contribution < 1.29 is 4.79 Å². The largest absolute Gasteiger partial charge is 0.316 e. The molecule has 0 aliphatic heterocycles. The normalized spacial score (nSPS) is 11.6. The summed E-state index contributed by atoms with van der Waals surface area (Å²) in [6.07, 6.45) is 3.44. The van der Waals surface area contributed by atoms with Gasteiger partial charge in [-0.2, -0.15) is 0 Å². The van der Waals surface area contributed by atoms with E-state index in [0.29, 0.717) is 0 Å². The molecule has 88 valence electrons. The molecule has 0 aliphatic carbocycles. The Morgan fingerprint density at radius 1 is 0.944 bits per heavy atom. The van der Waals surface area contributed by atoms with Gasteiger partial charge in [-0.25, -0.2) is 0 Å². The molecule has 0 radical (unpaired) electrons. The fraction of sp³-hybridized carbons (Fsp3) is 0.0625. The highest BCUT2D eigenvalue weighted by Crippen LogP contribution is 2.28. The first-order chi connectivity index (χ1) is 8.77. The predicted octanol–water partition coefficient (Wildman–Crippen LogP) is 3.85. The van der Waals surface area contributed by atoms with E-state index in [1.165, 1.54) is 10.8 Å². The van der Waals surface area contributed by atoms with Gasteiger partial charge in [-0.15, -0.1) is 0 Å². The lowest BCUT2D eigenvalue weighted by Gasteiger charge is -1.99. The molecular formula is C16H13NO. The summed E-state index contributed by atoms with van der Waals surface area (Å²) in [6, 6.07) is 16.4. The fourth-order valence-electron chi connectivity index (χ4n) is 2.29. The van der Waals surface area contributed by atoms with Gasteiger partial charge < -0.3 is 4.57 Å². The van der Waals surface area contributed by atoms with Crippen molar-refractivity contribution in [2.75, 3.05) is 0 Å². The summed E-state index contributed by atoms with van der Waals surface area (Å²) >= 11 is 0. The van der Waals surface area contributed by atoms with Crippen molar-refractivity contribution in [1.82, 2.24) is 4.57 Å². The SMILES string of the molecule is CC(=O)/C=C/n1c2ccccc2c2ccccc21. The van der Waals surface area contributed by atoms with E-state index in [1.54, 1.807) is 13.0 Å². The molecule has 3 rings (SSSR count). The summed E-state index contributed by atoms with van der Waals surface area (Å²) < 4.78 is 2.06. The Balaban J connectivity index is 2.41. The number of aromatic nitrogens is 1. The van der Waals surface area contributed by atoms with Crippen molar-refractivity contribution in [3.8, 4) is 0 Å². The predicted molar refractivity (Wildman–Crippen MR) is 75.5 cm³/mol. The van der Waals surface area contributed by atoms with Crippen LogP contribution >= 0.6 is 0 Å². The highest BCUT2D eigenvalue weighted by atomic mass is 16.1. The fourth-order valence-corrected chi connectivity index (χ4v) is 2.29. The minimum Gasteiger partial charge on any atom is -0.316 e. The molecule has 2 nitrogen and oxygen atoms in total. The molecule has 0 N–H and O–H groups in total. The van der Waals surface area contributed by atoms with Crippen molar-refractivity contribution in [2.24, 2.45) is 0 Å². The van der Waals surface area contributed by atoms with Crippen LogP contribution < -0.4 is 0 Å². The van der Waals surface area contributed by atoms with Crippen LogP contribution in [0.2, 0.25) is 0 Å². The molecule has 0 bridgehead atoms. The lowest BCUT2D eigenvalue weighted by Crippen LogP contribution is -1.88. The number of ketones is 1. The van der Waals surface area contributed by atoms with Crippen LogP contribution in [0, 0.1) is 0 Å². The maximum absolute atomic E-state index is 11.1. The lowest BCUT2D eigenvalue weighted by molar-refractivity contribution is -0.112. The van der Waals surface area contributed by atoms with Crippen LogP contribution in [0.1, 0.15) is 6.92 Å². The van der Waals surface area contributed by atoms with Gasteiger partial charge in [-0.05, 0) is 25.1 Å². The first kappa shape index (κ1) is 10.8. The van der Waals surface area contributed by atoms with Crippen LogP contribution in [0.25, 0.3) is 28.0 Å². The first-order valence-electron chi connectivity index (χ1n) is 5.94. The molecular weight excluding hydrogens is 222 g/mol. The van der Waals surface area contributed by atoms with Gasteiger partial charge in [0.2, 0.25) is 0 Å². The molecule has 0 spiro atoms. The van der Waals surface area contributed by atoms with E-state index < -0.39 is 0 Å². The Hall–Kier alpha value is -2.35. The number of nitrogens with zero attached hydrogens (tertiary/aromatic N) is 1. The zero-order chi connectivity index (χ0) is 12.5. The Morgan fingerprint density at radius 2 is 1.44 bits per heavy atom. The van der Waals surface area contributed by atoms with Gasteiger partial charge in [0.15, 0.2) is 5.78 Å². The van der Waals surface area contributed by atoms with Crippen LogP contribution in [-0.2, 0) is 4.79 Å². The highest BCUT2D eigenvalue weighted by molar-refractivity contribution is 6.09. The molecule has 0 aliphatic rings.